The minimum atomic E-state index is -0.971. The van der Waals surface area contributed by atoms with Crippen molar-refractivity contribution in [1.29, 1.82) is 0 Å². The molecule has 0 saturated carbocycles. The van der Waals surface area contributed by atoms with Gasteiger partial charge >= 0.3 is 0 Å². The number of rotatable bonds is 6. The maximum Gasteiger partial charge on any atom is 0.240 e. The fourth-order valence-electron chi connectivity index (χ4n) is 5.80. The summed E-state index contributed by atoms with van der Waals surface area (Å²) < 4.78 is 16.1. The molecule has 0 bridgehead atoms. The molecule has 2 saturated heterocycles. The summed E-state index contributed by atoms with van der Waals surface area (Å²) >= 11 is 0. The van der Waals surface area contributed by atoms with Crippen molar-refractivity contribution >= 4 is 29.5 Å². The van der Waals surface area contributed by atoms with Crippen LogP contribution >= 0.6 is 0 Å². The van der Waals surface area contributed by atoms with Gasteiger partial charge in [-0.2, -0.15) is 5.10 Å². The lowest BCUT2D eigenvalue weighted by Crippen LogP contribution is -2.44. The van der Waals surface area contributed by atoms with E-state index in [1.807, 2.05) is 24.3 Å². The van der Waals surface area contributed by atoms with E-state index in [1.165, 1.54) is 14.2 Å². The third kappa shape index (κ3) is 3.38. The lowest BCUT2D eigenvalue weighted by molar-refractivity contribution is -0.124. The SMILES string of the molecule is COc1ccc(C(=O)[C@@H]2[C@@H]3C(=O)N(c4cc(OC)ccc4OC)C(=O)[C@@H]3C3c4ccccc4C=NN32)cc1. The van der Waals surface area contributed by atoms with Crippen molar-refractivity contribution in [3.8, 4) is 17.2 Å². The number of hydrogen-bond donors (Lipinski definition) is 0. The van der Waals surface area contributed by atoms with Gasteiger partial charge in [0.25, 0.3) is 0 Å². The molecule has 3 heterocycles. The van der Waals surface area contributed by atoms with Crippen molar-refractivity contribution in [1.82, 2.24) is 5.01 Å². The van der Waals surface area contributed by atoms with Crippen molar-refractivity contribution < 1.29 is 28.6 Å². The number of Topliss-reactive ketones (excluding diaryl/α,β-unsaturated/α-hetero) is 1. The number of ketones is 1. The zero-order chi connectivity index (χ0) is 26.6. The van der Waals surface area contributed by atoms with Gasteiger partial charge in [-0.1, -0.05) is 24.3 Å². The lowest BCUT2D eigenvalue weighted by Gasteiger charge is -2.34. The molecule has 9 nitrogen and oxygen atoms in total. The summed E-state index contributed by atoms with van der Waals surface area (Å²) in [6.45, 7) is 0. The quantitative estimate of drug-likeness (QED) is 0.369. The Balaban J connectivity index is 1.49. The van der Waals surface area contributed by atoms with Gasteiger partial charge in [0, 0.05) is 11.6 Å². The van der Waals surface area contributed by atoms with Crippen LogP contribution in [-0.2, 0) is 9.59 Å². The van der Waals surface area contributed by atoms with E-state index in [4.69, 9.17) is 14.2 Å². The molecular formula is C29H25N3O6. The first kappa shape index (κ1) is 23.7. The Bertz CT molecular complexity index is 1480. The molecule has 0 radical (unpaired) electrons. The Morgan fingerprint density at radius 1 is 0.816 bits per heavy atom. The first-order chi connectivity index (χ1) is 18.5. The van der Waals surface area contributed by atoms with E-state index in [-0.39, 0.29) is 11.5 Å². The van der Waals surface area contributed by atoms with Crippen LogP contribution < -0.4 is 19.1 Å². The van der Waals surface area contributed by atoms with Crippen LogP contribution in [0.2, 0.25) is 0 Å². The highest BCUT2D eigenvalue weighted by molar-refractivity contribution is 6.25. The fourth-order valence-corrected chi connectivity index (χ4v) is 5.80. The molecular weight excluding hydrogens is 486 g/mol. The molecule has 9 heteroatoms. The Morgan fingerprint density at radius 3 is 2.21 bits per heavy atom. The molecule has 0 spiro atoms. The normalized spacial score (nSPS) is 23.1. The van der Waals surface area contributed by atoms with Gasteiger partial charge < -0.3 is 14.2 Å². The van der Waals surface area contributed by atoms with Crippen LogP contribution in [0.25, 0.3) is 0 Å². The van der Waals surface area contributed by atoms with Gasteiger partial charge in [-0.05, 0) is 47.5 Å². The van der Waals surface area contributed by atoms with E-state index in [1.54, 1.807) is 60.8 Å². The van der Waals surface area contributed by atoms with E-state index in [2.05, 4.69) is 5.10 Å². The van der Waals surface area contributed by atoms with Gasteiger partial charge in [-0.15, -0.1) is 0 Å². The molecule has 192 valence electrons. The highest BCUT2D eigenvalue weighted by Crippen LogP contribution is 2.54. The van der Waals surface area contributed by atoms with E-state index in [9.17, 15) is 14.4 Å². The highest BCUT2D eigenvalue weighted by Gasteiger charge is 2.65. The van der Waals surface area contributed by atoms with Crippen molar-refractivity contribution in [2.45, 2.75) is 12.1 Å². The van der Waals surface area contributed by atoms with E-state index in [0.717, 1.165) is 16.0 Å². The first-order valence-corrected chi connectivity index (χ1v) is 12.2. The summed E-state index contributed by atoms with van der Waals surface area (Å²) in [4.78, 5) is 43.4. The van der Waals surface area contributed by atoms with Gasteiger partial charge in [-0.25, -0.2) is 4.90 Å². The molecule has 3 aromatic rings. The Hall–Kier alpha value is -4.66. The standard InChI is InChI=1S/C29H25N3O6/c1-36-18-10-8-16(9-11-18)27(33)26-24-23(25-20-7-5-4-6-17(20)15-30-32(25)26)28(34)31(29(24)35)21-14-19(37-2)12-13-22(21)38-3/h4-15,23-26H,1-3H3/t23-,24+,25?,26-/m0/s1. The summed E-state index contributed by atoms with van der Waals surface area (Å²) in [5.41, 5.74) is 2.39. The largest absolute Gasteiger partial charge is 0.497 e. The van der Waals surface area contributed by atoms with Crippen LogP contribution in [0.5, 0.6) is 17.2 Å². The Labute approximate surface area is 219 Å². The van der Waals surface area contributed by atoms with Gasteiger partial charge in [-0.3, -0.25) is 19.4 Å². The molecule has 38 heavy (non-hydrogen) atoms. The summed E-state index contributed by atoms with van der Waals surface area (Å²) in [6, 6.07) is 17.7. The van der Waals surface area contributed by atoms with Crippen LogP contribution in [0.3, 0.4) is 0 Å². The molecule has 6 rings (SSSR count). The zero-order valence-electron chi connectivity index (χ0n) is 21.0. The number of methoxy groups -OCH3 is 3. The average Bonchev–Trinajstić information content (AvgIpc) is 3.44. The molecule has 4 atom stereocenters. The van der Waals surface area contributed by atoms with Gasteiger partial charge in [0.15, 0.2) is 5.78 Å². The highest BCUT2D eigenvalue weighted by atomic mass is 16.5. The molecule has 3 aliphatic rings. The van der Waals surface area contributed by atoms with Crippen LogP contribution in [0, 0.1) is 11.8 Å². The zero-order valence-corrected chi connectivity index (χ0v) is 21.0. The smallest absolute Gasteiger partial charge is 0.240 e. The monoisotopic (exact) mass is 511 g/mol. The summed E-state index contributed by atoms with van der Waals surface area (Å²) in [5.74, 6) is -1.49. The number of hydrazone groups is 1. The molecule has 3 aromatic carbocycles. The Kier molecular flexibility index (Phi) is 5.63. The minimum absolute atomic E-state index is 0.283. The van der Waals surface area contributed by atoms with E-state index in [0.29, 0.717) is 22.8 Å². The second-order valence-corrected chi connectivity index (χ2v) is 9.34. The van der Waals surface area contributed by atoms with Crippen molar-refractivity contribution in [3.63, 3.8) is 0 Å². The number of carbonyl (C=O) groups is 3. The predicted octanol–water partition coefficient (Wildman–Crippen LogP) is 3.47. The number of ether oxygens (including phenoxy) is 3. The van der Waals surface area contributed by atoms with Gasteiger partial charge in [0.05, 0.1) is 51.1 Å². The number of hydrogen-bond acceptors (Lipinski definition) is 8. The second-order valence-electron chi connectivity index (χ2n) is 9.34. The third-order valence-corrected chi connectivity index (χ3v) is 7.56. The maximum atomic E-state index is 14.1. The number of carbonyl (C=O) groups excluding carboxylic acids is 3. The van der Waals surface area contributed by atoms with Crippen molar-refractivity contribution in [2.24, 2.45) is 16.9 Å². The first-order valence-electron chi connectivity index (χ1n) is 12.2. The number of imide groups is 1. The number of amides is 2. The van der Waals surface area contributed by atoms with Gasteiger partial charge in [0.1, 0.15) is 23.3 Å². The van der Waals surface area contributed by atoms with Crippen LogP contribution in [0.4, 0.5) is 5.69 Å². The molecule has 2 amide bonds. The second kappa shape index (κ2) is 9.02. The topological polar surface area (TPSA) is 97.7 Å². The third-order valence-electron chi connectivity index (χ3n) is 7.56. The van der Waals surface area contributed by atoms with Gasteiger partial charge in [0.2, 0.25) is 11.8 Å². The number of anilines is 1. The average molecular weight is 512 g/mol. The van der Waals surface area contributed by atoms with E-state index >= 15 is 0 Å². The molecule has 0 N–H and O–H groups in total. The summed E-state index contributed by atoms with van der Waals surface area (Å²) in [6.07, 6.45) is 1.68. The van der Waals surface area contributed by atoms with Crippen molar-refractivity contribution in [3.05, 3.63) is 83.4 Å². The number of benzene rings is 3. The minimum Gasteiger partial charge on any atom is -0.497 e. The van der Waals surface area contributed by atoms with Crippen LogP contribution in [0.15, 0.2) is 71.8 Å². The summed E-state index contributed by atoms with van der Waals surface area (Å²) in [5, 5.41) is 6.24. The Morgan fingerprint density at radius 2 is 1.50 bits per heavy atom. The molecule has 1 unspecified atom stereocenters. The molecule has 0 aliphatic carbocycles. The van der Waals surface area contributed by atoms with Crippen LogP contribution in [-0.4, -0.2) is 56.2 Å². The van der Waals surface area contributed by atoms with Crippen molar-refractivity contribution in [2.75, 3.05) is 26.2 Å². The number of nitrogens with zero attached hydrogens (tertiary/aromatic N) is 3. The molecule has 3 aliphatic heterocycles. The van der Waals surface area contributed by atoms with E-state index < -0.39 is 35.7 Å². The lowest BCUT2D eigenvalue weighted by atomic mass is 9.83. The molecule has 0 aromatic heterocycles. The number of fused-ring (bicyclic) bond motifs is 5. The summed E-state index contributed by atoms with van der Waals surface area (Å²) in [7, 11) is 4.53. The molecule has 2 fully saturated rings. The fraction of sp³-hybridized carbons (Fsp3) is 0.241. The predicted molar refractivity (Wildman–Crippen MR) is 139 cm³/mol. The maximum absolute atomic E-state index is 14.1. The van der Waals surface area contributed by atoms with Crippen LogP contribution in [0.1, 0.15) is 27.5 Å².